The van der Waals surface area contributed by atoms with Gasteiger partial charge in [0.1, 0.15) is 0 Å². The molecule has 2 aliphatic carbocycles. The Labute approximate surface area is 130 Å². The Kier molecular flexibility index (Phi) is 2.54. The Morgan fingerprint density at radius 1 is 1.45 bits per heavy atom. The molecule has 0 unspecified atom stereocenters. The van der Waals surface area contributed by atoms with Gasteiger partial charge in [0.25, 0.3) is 0 Å². The van der Waals surface area contributed by atoms with Gasteiger partial charge in [-0.05, 0) is 38.1 Å². The average Bonchev–Trinajstić information content (AvgIpc) is 3.26. The number of hydrogen-bond acceptors (Lipinski definition) is 5. The van der Waals surface area contributed by atoms with Gasteiger partial charge < -0.3 is 14.6 Å². The molecule has 8 atom stereocenters. The molecule has 1 spiro atoms. The first-order chi connectivity index (χ1) is 10.6. The van der Waals surface area contributed by atoms with Crippen LogP contribution in [0.15, 0.2) is 0 Å². The van der Waals surface area contributed by atoms with E-state index >= 15 is 0 Å². The summed E-state index contributed by atoms with van der Waals surface area (Å²) in [6.45, 7) is 4.33. The Hall–Kier alpha value is -0.650. The van der Waals surface area contributed by atoms with Gasteiger partial charge in [0.05, 0.1) is 31.3 Å². The van der Waals surface area contributed by atoms with E-state index in [9.17, 15) is 9.90 Å². The van der Waals surface area contributed by atoms with Crippen molar-refractivity contribution in [3.05, 3.63) is 0 Å². The molecular formula is C17H25NO4. The minimum absolute atomic E-state index is 0.0289. The van der Waals surface area contributed by atoms with Crippen LogP contribution >= 0.6 is 0 Å². The minimum atomic E-state index is -0.386. The van der Waals surface area contributed by atoms with Crippen LogP contribution in [0, 0.1) is 23.2 Å². The SMILES string of the molecule is COC(=O)[C@H]1C[C@@H](O)[C@H]2CCCN3C[C@H]4O[C@H]4[C@]14[C@H](C)C[C@@]234. The molecule has 5 aliphatic rings. The topological polar surface area (TPSA) is 62.3 Å². The number of esters is 1. The molecule has 0 aromatic rings. The first-order valence-electron chi connectivity index (χ1n) is 8.73. The van der Waals surface area contributed by atoms with Crippen molar-refractivity contribution in [3.8, 4) is 0 Å². The van der Waals surface area contributed by atoms with Crippen molar-refractivity contribution < 1.29 is 19.4 Å². The molecule has 5 fully saturated rings. The molecule has 3 heterocycles. The molecule has 2 saturated carbocycles. The van der Waals surface area contributed by atoms with Gasteiger partial charge in [-0.25, -0.2) is 0 Å². The lowest BCUT2D eigenvalue weighted by Crippen LogP contribution is -2.85. The Morgan fingerprint density at radius 2 is 2.27 bits per heavy atom. The van der Waals surface area contributed by atoms with Crippen LogP contribution in [0.3, 0.4) is 0 Å². The second-order valence-corrected chi connectivity index (χ2v) is 8.13. The van der Waals surface area contributed by atoms with Crippen molar-refractivity contribution in [2.24, 2.45) is 23.2 Å². The zero-order valence-corrected chi connectivity index (χ0v) is 13.3. The van der Waals surface area contributed by atoms with Gasteiger partial charge in [-0.2, -0.15) is 0 Å². The summed E-state index contributed by atoms with van der Waals surface area (Å²) in [5.41, 5.74) is -0.161. The molecule has 5 rings (SSSR count). The number of carbonyl (C=O) groups excluding carboxylic acids is 1. The zero-order valence-electron chi connectivity index (χ0n) is 13.3. The maximum Gasteiger partial charge on any atom is 0.309 e. The average molecular weight is 307 g/mol. The van der Waals surface area contributed by atoms with E-state index in [1.807, 2.05) is 0 Å². The molecule has 5 nitrogen and oxygen atoms in total. The van der Waals surface area contributed by atoms with Gasteiger partial charge in [-0.15, -0.1) is 0 Å². The van der Waals surface area contributed by atoms with Crippen LogP contribution < -0.4 is 0 Å². The molecule has 1 N–H and O–H groups in total. The molecule has 5 heteroatoms. The van der Waals surface area contributed by atoms with E-state index in [4.69, 9.17) is 9.47 Å². The van der Waals surface area contributed by atoms with E-state index in [0.717, 1.165) is 32.4 Å². The molecule has 0 aromatic carbocycles. The fraction of sp³-hybridized carbons (Fsp3) is 0.941. The predicted molar refractivity (Wildman–Crippen MR) is 78.0 cm³/mol. The van der Waals surface area contributed by atoms with Gasteiger partial charge >= 0.3 is 5.97 Å². The highest BCUT2D eigenvalue weighted by atomic mass is 16.6. The number of carbonyl (C=O) groups is 1. The zero-order chi connectivity index (χ0) is 15.3. The maximum atomic E-state index is 12.6. The monoisotopic (exact) mass is 307 g/mol. The van der Waals surface area contributed by atoms with Crippen LogP contribution in [0.1, 0.15) is 32.6 Å². The van der Waals surface area contributed by atoms with Crippen molar-refractivity contribution in [2.45, 2.75) is 56.5 Å². The number of methoxy groups -OCH3 is 1. The number of nitrogens with zero attached hydrogens (tertiary/aromatic N) is 1. The van der Waals surface area contributed by atoms with Crippen molar-refractivity contribution in [1.29, 1.82) is 0 Å². The summed E-state index contributed by atoms with van der Waals surface area (Å²) in [5, 5.41) is 10.8. The third-order valence-corrected chi connectivity index (χ3v) is 7.76. The third kappa shape index (κ3) is 1.21. The number of rotatable bonds is 1. The van der Waals surface area contributed by atoms with Crippen LogP contribution in [-0.4, -0.2) is 60.0 Å². The largest absolute Gasteiger partial charge is 0.469 e. The molecule has 0 amide bonds. The molecular weight excluding hydrogens is 282 g/mol. The van der Waals surface area contributed by atoms with E-state index in [2.05, 4.69) is 11.8 Å². The third-order valence-electron chi connectivity index (χ3n) is 7.76. The fourth-order valence-corrected chi connectivity index (χ4v) is 7.25. The molecule has 3 aliphatic heterocycles. The summed E-state index contributed by atoms with van der Waals surface area (Å²) in [6.07, 6.45) is 3.97. The first-order valence-corrected chi connectivity index (χ1v) is 8.73. The van der Waals surface area contributed by atoms with Crippen LogP contribution in [-0.2, 0) is 14.3 Å². The highest BCUT2D eigenvalue weighted by Crippen LogP contribution is 2.76. The second-order valence-electron chi connectivity index (χ2n) is 8.13. The molecule has 22 heavy (non-hydrogen) atoms. The summed E-state index contributed by atoms with van der Waals surface area (Å²) in [7, 11) is 1.47. The summed E-state index contributed by atoms with van der Waals surface area (Å²) < 4.78 is 11.2. The van der Waals surface area contributed by atoms with Crippen molar-refractivity contribution in [2.75, 3.05) is 20.2 Å². The number of fused-ring (bicyclic) bond motifs is 1. The minimum Gasteiger partial charge on any atom is -0.469 e. The predicted octanol–water partition coefficient (Wildman–Crippen LogP) is 0.798. The Morgan fingerprint density at radius 3 is 3.00 bits per heavy atom. The van der Waals surface area contributed by atoms with Crippen molar-refractivity contribution in [3.63, 3.8) is 0 Å². The van der Waals surface area contributed by atoms with Crippen molar-refractivity contribution >= 4 is 5.97 Å². The van der Waals surface area contributed by atoms with Crippen LogP contribution in [0.4, 0.5) is 0 Å². The number of piperidine rings is 2. The number of aliphatic hydroxyl groups excluding tert-OH is 1. The molecule has 0 radical (unpaired) electrons. The summed E-state index contributed by atoms with van der Waals surface area (Å²) in [5.74, 6) is 0.388. The van der Waals surface area contributed by atoms with E-state index in [1.54, 1.807) is 0 Å². The smallest absolute Gasteiger partial charge is 0.309 e. The number of ether oxygens (including phenoxy) is 2. The Bertz CT molecular complexity index is 539. The standard InChI is InChI=1S/C17H25NO4/c1-9-7-16-10-4-3-5-18(16)8-13-14(22-13)17(9,16)11(6-12(10)19)15(20)21-2/h9-14,19H,3-8H2,1-2H3/t9-,10-,11-,12-,13-,14-,16+,17+/m1/s1. The second kappa shape index (κ2) is 4.05. The number of aliphatic hydroxyl groups is 1. The van der Waals surface area contributed by atoms with Crippen LogP contribution in [0.2, 0.25) is 0 Å². The fourth-order valence-electron chi connectivity index (χ4n) is 7.25. The van der Waals surface area contributed by atoms with Gasteiger partial charge in [0, 0.05) is 23.4 Å². The van der Waals surface area contributed by atoms with Gasteiger partial charge in [-0.1, -0.05) is 6.92 Å². The van der Waals surface area contributed by atoms with E-state index in [0.29, 0.717) is 18.3 Å². The Balaban J connectivity index is 1.69. The highest BCUT2D eigenvalue weighted by Gasteiger charge is 2.84. The summed E-state index contributed by atoms with van der Waals surface area (Å²) >= 11 is 0. The molecule has 0 aromatic heterocycles. The first kappa shape index (κ1) is 13.8. The lowest BCUT2D eigenvalue weighted by atomic mass is 9.33. The summed E-state index contributed by atoms with van der Waals surface area (Å²) in [6, 6.07) is 0. The molecule has 122 valence electrons. The van der Waals surface area contributed by atoms with E-state index in [-0.39, 0.29) is 41.2 Å². The van der Waals surface area contributed by atoms with Crippen LogP contribution in [0.5, 0.6) is 0 Å². The highest BCUT2D eigenvalue weighted by molar-refractivity contribution is 5.75. The van der Waals surface area contributed by atoms with Crippen molar-refractivity contribution in [1.82, 2.24) is 4.90 Å². The van der Waals surface area contributed by atoms with E-state index < -0.39 is 0 Å². The van der Waals surface area contributed by atoms with Crippen LogP contribution in [0.25, 0.3) is 0 Å². The number of epoxide rings is 1. The maximum absolute atomic E-state index is 12.6. The number of hydrogen-bond donors (Lipinski definition) is 1. The quantitative estimate of drug-likeness (QED) is 0.573. The van der Waals surface area contributed by atoms with Gasteiger partial charge in [0.2, 0.25) is 0 Å². The normalized spacial score (nSPS) is 58.7. The molecule has 3 saturated heterocycles. The summed E-state index contributed by atoms with van der Waals surface area (Å²) in [4.78, 5) is 15.1. The van der Waals surface area contributed by atoms with E-state index in [1.165, 1.54) is 7.11 Å². The lowest BCUT2D eigenvalue weighted by molar-refractivity contribution is -0.294. The van der Waals surface area contributed by atoms with Gasteiger partial charge in [0.15, 0.2) is 0 Å². The van der Waals surface area contributed by atoms with Gasteiger partial charge in [-0.3, -0.25) is 9.69 Å². The lowest BCUT2D eigenvalue weighted by Gasteiger charge is -2.77. The molecule has 0 bridgehead atoms.